The van der Waals surface area contributed by atoms with Gasteiger partial charge >= 0.3 is 0 Å². The second kappa shape index (κ2) is 7.21. The molecule has 7 heteroatoms. The molecule has 0 saturated heterocycles. The molecule has 0 radical (unpaired) electrons. The highest BCUT2D eigenvalue weighted by atomic mass is 35.5. The summed E-state index contributed by atoms with van der Waals surface area (Å²) in [4.78, 5) is -0.00533. The Bertz CT molecular complexity index is 792. The largest absolute Gasteiger partial charge is 0.496 e. The maximum absolute atomic E-state index is 12.7. The third kappa shape index (κ3) is 3.96. The molecule has 0 bridgehead atoms. The second-order valence-corrected chi connectivity index (χ2v) is 7.00. The molecule has 124 valence electrons. The lowest BCUT2D eigenvalue weighted by molar-refractivity contribution is 0.401. The summed E-state index contributed by atoms with van der Waals surface area (Å²) < 4.78 is 38.3. The van der Waals surface area contributed by atoms with Crippen molar-refractivity contribution < 1.29 is 17.9 Å². The molecule has 0 aliphatic heterocycles. The van der Waals surface area contributed by atoms with Crippen LogP contribution in [0.15, 0.2) is 47.4 Å². The van der Waals surface area contributed by atoms with Crippen LogP contribution in [0, 0.1) is 0 Å². The van der Waals surface area contributed by atoms with Gasteiger partial charge in [0.25, 0.3) is 0 Å². The number of benzene rings is 2. The SMILES string of the molecule is COc1ccccc1[C@@H](C)NS(=O)(=O)c1cc(Cl)ccc1OC. The Morgan fingerprint density at radius 2 is 1.70 bits per heavy atom. The normalized spacial score (nSPS) is 12.7. The highest BCUT2D eigenvalue weighted by Gasteiger charge is 2.24. The fourth-order valence-electron chi connectivity index (χ4n) is 2.24. The summed E-state index contributed by atoms with van der Waals surface area (Å²) in [5.74, 6) is 0.842. The fraction of sp³-hybridized carbons (Fsp3) is 0.250. The first-order valence-electron chi connectivity index (χ1n) is 6.88. The van der Waals surface area contributed by atoms with Gasteiger partial charge in [0.05, 0.1) is 14.2 Å². The smallest absolute Gasteiger partial charge is 0.244 e. The van der Waals surface area contributed by atoms with Gasteiger partial charge in [-0.3, -0.25) is 0 Å². The van der Waals surface area contributed by atoms with Crippen LogP contribution in [0.1, 0.15) is 18.5 Å². The molecule has 0 aromatic heterocycles. The van der Waals surface area contributed by atoms with Crippen LogP contribution in [0.2, 0.25) is 5.02 Å². The van der Waals surface area contributed by atoms with Gasteiger partial charge in [0.1, 0.15) is 16.4 Å². The first-order valence-corrected chi connectivity index (χ1v) is 8.74. The van der Waals surface area contributed by atoms with Gasteiger partial charge in [0.2, 0.25) is 10.0 Å². The monoisotopic (exact) mass is 355 g/mol. The van der Waals surface area contributed by atoms with E-state index < -0.39 is 16.1 Å². The van der Waals surface area contributed by atoms with Gasteiger partial charge in [-0.15, -0.1) is 0 Å². The van der Waals surface area contributed by atoms with E-state index in [2.05, 4.69) is 4.72 Å². The van der Waals surface area contributed by atoms with Crippen molar-refractivity contribution >= 4 is 21.6 Å². The van der Waals surface area contributed by atoms with Gasteiger partial charge in [0, 0.05) is 16.6 Å². The van der Waals surface area contributed by atoms with E-state index in [9.17, 15) is 8.42 Å². The van der Waals surface area contributed by atoms with Gasteiger partial charge in [-0.05, 0) is 31.2 Å². The predicted octanol–water partition coefficient (Wildman–Crippen LogP) is 3.40. The van der Waals surface area contributed by atoms with Gasteiger partial charge < -0.3 is 9.47 Å². The molecule has 2 aromatic carbocycles. The number of rotatable bonds is 6. The van der Waals surface area contributed by atoms with Gasteiger partial charge in [-0.2, -0.15) is 0 Å². The lowest BCUT2D eigenvalue weighted by Gasteiger charge is -2.18. The van der Waals surface area contributed by atoms with E-state index in [0.29, 0.717) is 10.8 Å². The Hall–Kier alpha value is -1.76. The molecule has 5 nitrogen and oxygen atoms in total. The van der Waals surface area contributed by atoms with E-state index in [1.165, 1.54) is 19.2 Å². The van der Waals surface area contributed by atoms with E-state index in [4.69, 9.17) is 21.1 Å². The average Bonchev–Trinajstić information content (AvgIpc) is 2.54. The minimum Gasteiger partial charge on any atom is -0.496 e. The number of nitrogens with one attached hydrogen (secondary N) is 1. The van der Waals surface area contributed by atoms with Crippen LogP contribution in [0.5, 0.6) is 11.5 Å². The van der Waals surface area contributed by atoms with Crippen molar-refractivity contribution in [2.75, 3.05) is 14.2 Å². The van der Waals surface area contributed by atoms with Gasteiger partial charge in [-0.25, -0.2) is 13.1 Å². The molecule has 0 amide bonds. The highest BCUT2D eigenvalue weighted by molar-refractivity contribution is 7.89. The van der Waals surface area contributed by atoms with Crippen LogP contribution in [-0.4, -0.2) is 22.6 Å². The standard InChI is InChI=1S/C16H18ClNO4S/c1-11(13-6-4-5-7-14(13)21-2)18-23(19,20)16-10-12(17)8-9-15(16)22-3/h4-11,18H,1-3H3/t11-/m1/s1. The number of para-hydroxylation sites is 1. The van der Waals surface area contributed by atoms with E-state index in [0.717, 1.165) is 5.56 Å². The zero-order chi connectivity index (χ0) is 17.0. The Kier molecular flexibility index (Phi) is 5.51. The van der Waals surface area contributed by atoms with Crippen LogP contribution in [0.3, 0.4) is 0 Å². The van der Waals surface area contributed by atoms with Crippen molar-refractivity contribution in [1.82, 2.24) is 4.72 Å². The Balaban J connectivity index is 2.36. The molecular formula is C16H18ClNO4S. The average molecular weight is 356 g/mol. The summed E-state index contributed by atoms with van der Waals surface area (Å²) in [5.41, 5.74) is 0.736. The molecule has 0 spiro atoms. The molecule has 0 heterocycles. The van der Waals surface area contributed by atoms with Gasteiger partial charge in [0.15, 0.2) is 0 Å². The van der Waals surface area contributed by atoms with Crippen LogP contribution in [0.25, 0.3) is 0 Å². The minimum atomic E-state index is -3.81. The van der Waals surface area contributed by atoms with Crippen molar-refractivity contribution in [2.45, 2.75) is 17.9 Å². The molecule has 0 fully saturated rings. The molecule has 0 aliphatic rings. The van der Waals surface area contributed by atoms with Crippen LogP contribution in [0.4, 0.5) is 0 Å². The maximum Gasteiger partial charge on any atom is 0.244 e. The third-order valence-electron chi connectivity index (χ3n) is 3.35. The number of sulfonamides is 1. The quantitative estimate of drug-likeness (QED) is 0.862. The molecule has 1 N–H and O–H groups in total. The molecule has 1 atom stereocenters. The number of ether oxygens (including phenoxy) is 2. The lowest BCUT2D eigenvalue weighted by Crippen LogP contribution is -2.27. The minimum absolute atomic E-state index is 0.00533. The first kappa shape index (κ1) is 17.6. The van der Waals surface area contributed by atoms with Crippen molar-refractivity contribution in [1.29, 1.82) is 0 Å². The summed E-state index contributed by atoms with van der Waals surface area (Å²) in [6, 6.07) is 11.2. The highest BCUT2D eigenvalue weighted by Crippen LogP contribution is 2.30. The Morgan fingerprint density at radius 1 is 1.04 bits per heavy atom. The van der Waals surface area contributed by atoms with Crippen molar-refractivity contribution in [3.8, 4) is 11.5 Å². The molecule has 0 saturated carbocycles. The maximum atomic E-state index is 12.7. The van der Waals surface area contributed by atoms with Crippen LogP contribution < -0.4 is 14.2 Å². The summed E-state index contributed by atoms with van der Waals surface area (Å²) in [7, 11) is -0.863. The number of hydrogen-bond donors (Lipinski definition) is 1. The second-order valence-electron chi connectivity index (χ2n) is 4.88. The summed E-state index contributed by atoms with van der Waals surface area (Å²) in [6.45, 7) is 1.74. The third-order valence-corrected chi connectivity index (χ3v) is 5.15. The van der Waals surface area contributed by atoms with Crippen molar-refractivity contribution in [2.24, 2.45) is 0 Å². The van der Waals surface area contributed by atoms with Crippen LogP contribution >= 0.6 is 11.6 Å². The lowest BCUT2D eigenvalue weighted by atomic mass is 10.1. The number of hydrogen-bond acceptors (Lipinski definition) is 4. The topological polar surface area (TPSA) is 64.6 Å². The predicted molar refractivity (Wildman–Crippen MR) is 89.7 cm³/mol. The zero-order valence-electron chi connectivity index (χ0n) is 13.0. The summed E-state index contributed by atoms with van der Waals surface area (Å²) in [6.07, 6.45) is 0. The Labute approximate surface area is 141 Å². The van der Waals surface area contributed by atoms with E-state index >= 15 is 0 Å². The fourth-order valence-corrected chi connectivity index (χ4v) is 3.90. The molecular weight excluding hydrogens is 338 g/mol. The van der Waals surface area contributed by atoms with Crippen molar-refractivity contribution in [3.63, 3.8) is 0 Å². The van der Waals surface area contributed by atoms with E-state index in [1.54, 1.807) is 32.2 Å². The zero-order valence-corrected chi connectivity index (χ0v) is 14.6. The van der Waals surface area contributed by atoms with Gasteiger partial charge in [-0.1, -0.05) is 29.8 Å². The van der Waals surface area contributed by atoms with Crippen LogP contribution in [-0.2, 0) is 10.0 Å². The van der Waals surface area contributed by atoms with Crippen molar-refractivity contribution in [3.05, 3.63) is 53.1 Å². The molecule has 23 heavy (non-hydrogen) atoms. The van der Waals surface area contributed by atoms with E-state index in [1.807, 2.05) is 12.1 Å². The first-order chi connectivity index (χ1) is 10.9. The molecule has 0 unspecified atom stereocenters. The summed E-state index contributed by atoms with van der Waals surface area (Å²) >= 11 is 5.91. The molecule has 0 aliphatic carbocycles. The van der Waals surface area contributed by atoms with E-state index in [-0.39, 0.29) is 10.6 Å². The Morgan fingerprint density at radius 3 is 2.35 bits per heavy atom. The number of methoxy groups -OCH3 is 2. The molecule has 2 rings (SSSR count). The summed E-state index contributed by atoms with van der Waals surface area (Å²) in [5, 5.41) is 0.316. The number of halogens is 1. The molecule has 2 aromatic rings.